The molecule has 28 heavy (non-hydrogen) atoms. The Morgan fingerprint density at radius 1 is 1.21 bits per heavy atom. The highest BCUT2D eigenvalue weighted by Crippen LogP contribution is 2.40. The van der Waals surface area contributed by atoms with E-state index in [0.717, 1.165) is 31.3 Å². The number of methoxy groups -OCH3 is 1. The lowest BCUT2D eigenvalue weighted by atomic mass is 9.83. The lowest BCUT2D eigenvalue weighted by Gasteiger charge is -2.19. The van der Waals surface area contributed by atoms with Crippen LogP contribution in [0.3, 0.4) is 0 Å². The minimum absolute atomic E-state index is 0.109. The van der Waals surface area contributed by atoms with Crippen LogP contribution < -0.4 is 9.47 Å². The number of nitrogens with zero attached hydrogens (tertiary/aromatic N) is 2. The quantitative estimate of drug-likeness (QED) is 0.799. The number of ether oxygens (including phenoxy) is 2. The average Bonchev–Trinajstić information content (AvgIpc) is 3.39. The molecular formula is C21H21BN2O4. The molecule has 0 spiro atoms. The summed E-state index contributed by atoms with van der Waals surface area (Å²) in [5, 5.41) is 19.5. The number of rotatable bonds is 5. The molecule has 0 unspecified atom stereocenters. The van der Waals surface area contributed by atoms with Crippen LogP contribution in [0.5, 0.6) is 11.5 Å². The standard InChI is InChI=1S/C21H21BN2O4/c1-26-20-10-9-16(17(12-23)21(20)28-15-5-2-3-6-15)19-8-4-7-18(24-19)14-11-22(25)27-13-14/h4,7-10,13,15,25H,2-3,5-6,11H2,1H3. The van der Waals surface area contributed by atoms with Crippen LogP contribution >= 0.6 is 0 Å². The summed E-state index contributed by atoms with van der Waals surface area (Å²) in [6.45, 7) is 0. The van der Waals surface area contributed by atoms with Crippen molar-refractivity contribution in [2.75, 3.05) is 7.11 Å². The molecule has 0 amide bonds. The molecule has 1 aromatic carbocycles. The van der Waals surface area contributed by atoms with E-state index in [2.05, 4.69) is 11.1 Å². The lowest BCUT2D eigenvalue weighted by Crippen LogP contribution is -2.13. The van der Waals surface area contributed by atoms with E-state index in [4.69, 9.17) is 14.1 Å². The zero-order valence-electron chi connectivity index (χ0n) is 15.7. The Labute approximate surface area is 164 Å². The first kappa shape index (κ1) is 18.4. The summed E-state index contributed by atoms with van der Waals surface area (Å²) in [5.41, 5.74) is 3.32. The molecule has 142 valence electrons. The molecule has 1 saturated carbocycles. The molecule has 0 saturated heterocycles. The molecule has 6 nitrogen and oxygen atoms in total. The van der Waals surface area contributed by atoms with Crippen molar-refractivity contribution in [1.82, 2.24) is 4.98 Å². The topological polar surface area (TPSA) is 84.6 Å². The van der Waals surface area contributed by atoms with Crippen LogP contribution in [0.15, 0.2) is 36.6 Å². The fraction of sp³-hybridized carbons (Fsp3) is 0.333. The van der Waals surface area contributed by atoms with Gasteiger partial charge in [-0.3, -0.25) is 0 Å². The summed E-state index contributed by atoms with van der Waals surface area (Å²) >= 11 is 0. The Kier molecular flexibility index (Phi) is 5.22. The first-order valence-electron chi connectivity index (χ1n) is 9.47. The zero-order chi connectivity index (χ0) is 19.5. The average molecular weight is 376 g/mol. The molecule has 1 aliphatic carbocycles. The lowest BCUT2D eigenvalue weighted by molar-refractivity contribution is 0.200. The Hall–Kier alpha value is -2.98. The number of hydrogen-bond donors (Lipinski definition) is 1. The number of benzene rings is 1. The molecule has 0 radical (unpaired) electrons. The van der Waals surface area contributed by atoms with E-state index in [1.54, 1.807) is 7.11 Å². The van der Waals surface area contributed by atoms with Crippen molar-refractivity contribution in [3.05, 3.63) is 47.9 Å². The number of aromatic nitrogens is 1. The Morgan fingerprint density at radius 2 is 2.00 bits per heavy atom. The van der Waals surface area contributed by atoms with E-state index in [1.807, 2.05) is 30.3 Å². The van der Waals surface area contributed by atoms with Crippen LogP contribution in [0, 0.1) is 11.3 Å². The van der Waals surface area contributed by atoms with Crippen LogP contribution in [0.4, 0.5) is 0 Å². The fourth-order valence-corrected chi connectivity index (χ4v) is 3.71. The van der Waals surface area contributed by atoms with Gasteiger partial charge in [0, 0.05) is 17.5 Å². The molecule has 0 bridgehead atoms. The molecule has 4 rings (SSSR count). The van der Waals surface area contributed by atoms with E-state index in [9.17, 15) is 10.3 Å². The van der Waals surface area contributed by atoms with E-state index in [1.165, 1.54) is 6.26 Å². The van der Waals surface area contributed by atoms with Crippen molar-refractivity contribution in [2.45, 2.75) is 38.1 Å². The Bertz CT molecular complexity index is 948. The molecule has 1 fully saturated rings. The zero-order valence-corrected chi connectivity index (χ0v) is 15.7. The van der Waals surface area contributed by atoms with E-state index < -0.39 is 7.12 Å². The second-order valence-corrected chi connectivity index (χ2v) is 7.00. The van der Waals surface area contributed by atoms with Crippen LogP contribution in [-0.4, -0.2) is 30.3 Å². The molecule has 1 aromatic heterocycles. The second-order valence-electron chi connectivity index (χ2n) is 7.00. The van der Waals surface area contributed by atoms with Crippen LogP contribution in [0.1, 0.15) is 36.9 Å². The third kappa shape index (κ3) is 3.56. The molecule has 0 atom stereocenters. The summed E-state index contributed by atoms with van der Waals surface area (Å²) in [7, 11) is 0.747. The minimum atomic E-state index is -0.831. The maximum atomic E-state index is 9.89. The molecule has 1 aliphatic heterocycles. The summed E-state index contributed by atoms with van der Waals surface area (Å²) in [4.78, 5) is 4.69. The summed E-state index contributed by atoms with van der Waals surface area (Å²) in [5.74, 6) is 1.04. The number of pyridine rings is 1. The molecule has 7 heteroatoms. The van der Waals surface area contributed by atoms with Gasteiger partial charge in [-0.15, -0.1) is 0 Å². The smallest absolute Gasteiger partial charge is 0.527 e. The fourth-order valence-electron chi connectivity index (χ4n) is 3.71. The predicted octanol–water partition coefficient (Wildman–Crippen LogP) is 3.80. The third-order valence-corrected chi connectivity index (χ3v) is 5.16. The van der Waals surface area contributed by atoms with Gasteiger partial charge < -0.3 is 19.2 Å². The monoisotopic (exact) mass is 376 g/mol. The largest absolute Gasteiger partial charge is 0.541 e. The van der Waals surface area contributed by atoms with Crippen molar-refractivity contribution >= 4 is 12.7 Å². The van der Waals surface area contributed by atoms with Gasteiger partial charge in [-0.25, -0.2) is 4.98 Å². The molecular weight excluding hydrogens is 355 g/mol. The van der Waals surface area contributed by atoms with Gasteiger partial charge in [-0.2, -0.15) is 5.26 Å². The van der Waals surface area contributed by atoms with Crippen molar-refractivity contribution in [2.24, 2.45) is 0 Å². The van der Waals surface area contributed by atoms with Gasteiger partial charge in [0.05, 0.1) is 30.9 Å². The van der Waals surface area contributed by atoms with Gasteiger partial charge in [0.25, 0.3) is 0 Å². The van der Waals surface area contributed by atoms with Gasteiger partial charge in [0.1, 0.15) is 11.6 Å². The normalized spacial score (nSPS) is 16.5. The molecule has 1 N–H and O–H groups in total. The molecule has 2 aliphatic rings. The minimum Gasteiger partial charge on any atom is -0.541 e. The summed E-state index contributed by atoms with van der Waals surface area (Å²) in [6.07, 6.45) is 6.29. The van der Waals surface area contributed by atoms with E-state index >= 15 is 0 Å². The highest BCUT2D eigenvalue weighted by molar-refractivity contribution is 6.47. The Balaban J connectivity index is 1.74. The van der Waals surface area contributed by atoms with Gasteiger partial charge in [0.2, 0.25) is 0 Å². The number of hydrogen-bond acceptors (Lipinski definition) is 6. The van der Waals surface area contributed by atoms with Crippen LogP contribution in [-0.2, 0) is 4.65 Å². The van der Waals surface area contributed by atoms with E-state index in [0.29, 0.717) is 40.3 Å². The second kappa shape index (κ2) is 7.95. The van der Waals surface area contributed by atoms with Crippen LogP contribution in [0.2, 0.25) is 6.32 Å². The van der Waals surface area contributed by atoms with Crippen molar-refractivity contribution in [3.63, 3.8) is 0 Å². The van der Waals surface area contributed by atoms with Crippen molar-refractivity contribution in [1.29, 1.82) is 5.26 Å². The van der Waals surface area contributed by atoms with Crippen molar-refractivity contribution in [3.8, 4) is 28.8 Å². The molecule has 2 aromatic rings. The number of nitriles is 1. The summed E-state index contributed by atoms with van der Waals surface area (Å²) < 4.78 is 16.7. The third-order valence-electron chi connectivity index (χ3n) is 5.16. The number of allylic oxidation sites excluding steroid dienone is 1. The first-order valence-corrected chi connectivity index (χ1v) is 9.47. The van der Waals surface area contributed by atoms with E-state index in [-0.39, 0.29) is 6.10 Å². The summed E-state index contributed by atoms with van der Waals surface area (Å²) in [6, 6.07) is 11.5. The SMILES string of the molecule is COc1ccc(-c2cccc(C3=COB(O)C3)n2)c(C#N)c1OC1CCCC1. The highest BCUT2D eigenvalue weighted by Gasteiger charge is 2.26. The van der Waals surface area contributed by atoms with Gasteiger partial charge in [0.15, 0.2) is 11.5 Å². The molecule has 2 heterocycles. The maximum absolute atomic E-state index is 9.89. The predicted molar refractivity (Wildman–Crippen MR) is 106 cm³/mol. The van der Waals surface area contributed by atoms with Gasteiger partial charge in [-0.05, 0) is 49.9 Å². The maximum Gasteiger partial charge on any atom is 0.527 e. The first-order chi connectivity index (χ1) is 13.7. The van der Waals surface area contributed by atoms with Crippen LogP contribution in [0.25, 0.3) is 16.8 Å². The Morgan fingerprint density at radius 3 is 2.68 bits per heavy atom. The van der Waals surface area contributed by atoms with Crippen molar-refractivity contribution < 1.29 is 19.2 Å². The highest BCUT2D eigenvalue weighted by atomic mass is 16.5. The van der Waals surface area contributed by atoms with Gasteiger partial charge in [-0.1, -0.05) is 6.07 Å². The van der Waals surface area contributed by atoms with Gasteiger partial charge >= 0.3 is 7.12 Å².